The molecule has 2 rings (SSSR count). The molecule has 1 aromatic rings. The van der Waals surface area contributed by atoms with E-state index in [0.717, 1.165) is 5.56 Å². The highest BCUT2D eigenvalue weighted by atomic mass is 31.2. The van der Waals surface area contributed by atoms with Crippen LogP contribution in [0.2, 0.25) is 0 Å². The number of amides is 1. The number of ether oxygens (including phenoxy) is 2. The van der Waals surface area contributed by atoms with Crippen LogP contribution in [0.25, 0.3) is 0 Å². The SMILES string of the molecule is CC(C)(C)OC=O.COP(=O)(OC)C1(NC(=O)OCc2ccccc2)CCNCC1. The number of carbonyl (C=O) groups excluding carboxylic acids is 2. The molecule has 0 unspecified atom stereocenters. The van der Waals surface area contributed by atoms with Crippen LogP contribution < -0.4 is 10.6 Å². The average molecular weight is 444 g/mol. The van der Waals surface area contributed by atoms with E-state index < -0.39 is 19.0 Å². The molecular formula is C20H33N2O7P. The molecule has 1 amide bonds. The van der Waals surface area contributed by atoms with Gasteiger partial charge in [-0.2, -0.15) is 0 Å². The van der Waals surface area contributed by atoms with Crippen molar-refractivity contribution in [1.82, 2.24) is 10.6 Å². The van der Waals surface area contributed by atoms with E-state index in [-0.39, 0.29) is 12.2 Å². The molecule has 0 bridgehead atoms. The Morgan fingerprint density at radius 1 is 1.17 bits per heavy atom. The van der Waals surface area contributed by atoms with Gasteiger partial charge in [-0.25, -0.2) is 4.79 Å². The summed E-state index contributed by atoms with van der Waals surface area (Å²) in [6, 6.07) is 9.36. The molecule has 2 N–H and O–H groups in total. The normalized spacial score (nSPS) is 15.9. The predicted octanol–water partition coefficient (Wildman–Crippen LogP) is 3.44. The lowest BCUT2D eigenvalue weighted by Gasteiger charge is -2.40. The number of rotatable bonds is 7. The van der Waals surface area contributed by atoms with Crippen molar-refractivity contribution in [2.24, 2.45) is 0 Å². The summed E-state index contributed by atoms with van der Waals surface area (Å²) in [7, 11) is -0.840. The fourth-order valence-electron chi connectivity index (χ4n) is 2.83. The van der Waals surface area contributed by atoms with Gasteiger partial charge in [0.15, 0.2) is 0 Å². The predicted molar refractivity (Wildman–Crippen MR) is 113 cm³/mol. The van der Waals surface area contributed by atoms with Gasteiger partial charge in [0.2, 0.25) is 0 Å². The summed E-state index contributed by atoms with van der Waals surface area (Å²) in [5.74, 6) is 0. The zero-order chi connectivity index (χ0) is 22.7. The maximum Gasteiger partial charge on any atom is 0.408 e. The molecule has 1 heterocycles. The Morgan fingerprint density at radius 3 is 2.17 bits per heavy atom. The molecule has 0 saturated carbocycles. The Bertz CT molecular complexity index is 693. The summed E-state index contributed by atoms with van der Waals surface area (Å²) in [6.07, 6.45) is 0.240. The molecule has 30 heavy (non-hydrogen) atoms. The van der Waals surface area contributed by atoms with Crippen LogP contribution in [-0.4, -0.2) is 50.8 Å². The molecule has 10 heteroatoms. The Hall–Kier alpha value is -1.93. The van der Waals surface area contributed by atoms with Gasteiger partial charge < -0.3 is 29.2 Å². The maximum atomic E-state index is 12.9. The van der Waals surface area contributed by atoms with E-state index in [2.05, 4.69) is 15.4 Å². The number of hydrogen-bond acceptors (Lipinski definition) is 8. The van der Waals surface area contributed by atoms with E-state index in [1.54, 1.807) is 0 Å². The zero-order valence-electron chi connectivity index (χ0n) is 18.3. The van der Waals surface area contributed by atoms with E-state index in [0.29, 0.717) is 32.4 Å². The highest BCUT2D eigenvalue weighted by Crippen LogP contribution is 2.61. The standard InChI is InChI=1S/C15H23N2O5P.C5H10O2/c1-20-23(19,21-2)15(8-10-16-11-9-15)17-14(18)22-12-13-6-4-3-5-7-13;1-5(2,3)7-4-6/h3-7,16H,8-12H2,1-2H3,(H,17,18);4H,1-3H3. The second-order valence-corrected chi connectivity index (χ2v) is 10.2. The van der Waals surface area contributed by atoms with E-state index in [1.807, 2.05) is 51.1 Å². The third-order valence-electron chi connectivity index (χ3n) is 4.38. The molecule has 0 aromatic heterocycles. The van der Waals surface area contributed by atoms with Crippen molar-refractivity contribution in [3.8, 4) is 0 Å². The Morgan fingerprint density at radius 2 is 1.73 bits per heavy atom. The number of benzene rings is 1. The first-order valence-electron chi connectivity index (χ1n) is 9.64. The van der Waals surface area contributed by atoms with Crippen molar-refractivity contribution in [3.63, 3.8) is 0 Å². The fraction of sp³-hybridized carbons (Fsp3) is 0.600. The molecule has 170 valence electrons. The lowest BCUT2D eigenvalue weighted by molar-refractivity contribution is -0.138. The van der Waals surface area contributed by atoms with E-state index in [1.165, 1.54) is 14.2 Å². The number of nitrogens with one attached hydrogen (secondary N) is 2. The summed E-state index contributed by atoms with van der Waals surface area (Å²) in [6.45, 7) is 7.28. The van der Waals surface area contributed by atoms with Crippen molar-refractivity contribution in [2.75, 3.05) is 27.3 Å². The Kier molecular flexibility index (Phi) is 10.5. The van der Waals surface area contributed by atoms with Crippen molar-refractivity contribution in [3.05, 3.63) is 35.9 Å². The summed E-state index contributed by atoms with van der Waals surface area (Å²) in [5, 5.41) is 4.82. The van der Waals surface area contributed by atoms with Gasteiger partial charge in [0.05, 0.1) is 0 Å². The maximum absolute atomic E-state index is 12.9. The van der Waals surface area contributed by atoms with Gasteiger partial charge >= 0.3 is 13.7 Å². The molecule has 0 atom stereocenters. The van der Waals surface area contributed by atoms with Crippen LogP contribution in [0.15, 0.2) is 30.3 Å². The van der Waals surface area contributed by atoms with Gasteiger partial charge in [-0.3, -0.25) is 9.36 Å². The van der Waals surface area contributed by atoms with Gasteiger partial charge in [0, 0.05) is 14.2 Å². The van der Waals surface area contributed by atoms with E-state index >= 15 is 0 Å². The van der Waals surface area contributed by atoms with Crippen molar-refractivity contribution in [1.29, 1.82) is 0 Å². The molecule has 0 spiro atoms. The summed E-state index contributed by atoms with van der Waals surface area (Å²) in [5.41, 5.74) is 0.561. The van der Waals surface area contributed by atoms with E-state index in [4.69, 9.17) is 13.8 Å². The Balaban J connectivity index is 0.000000553. The van der Waals surface area contributed by atoms with Gasteiger partial charge in [0.25, 0.3) is 6.47 Å². The van der Waals surface area contributed by atoms with Crippen LogP contribution in [0.1, 0.15) is 39.2 Å². The minimum Gasteiger partial charge on any atom is -0.462 e. The van der Waals surface area contributed by atoms with Crippen LogP contribution in [0.3, 0.4) is 0 Å². The molecule has 0 radical (unpaired) electrons. The lowest BCUT2D eigenvalue weighted by atomic mass is 10.1. The van der Waals surface area contributed by atoms with Crippen LogP contribution in [0, 0.1) is 0 Å². The first-order chi connectivity index (χ1) is 14.1. The second kappa shape index (κ2) is 12.1. The second-order valence-electron chi connectivity index (χ2n) is 7.66. The number of alkyl carbamates (subject to hydrolysis) is 1. The first kappa shape index (κ1) is 26.1. The largest absolute Gasteiger partial charge is 0.462 e. The molecule has 0 aliphatic carbocycles. The van der Waals surface area contributed by atoms with Crippen LogP contribution in [0.5, 0.6) is 0 Å². The molecule has 1 aliphatic heterocycles. The smallest absolute Gasteiger partial charge is 0.408 e. The van der Waals surface area contributed by atoms with Crippen LogP contribution >= 0.6 is 7.60 Å². The third-order valence-corrected chi connectivity index (χ3v) is 6.95. The number of hydrogen-bond donors (Lipinski definition) is 2. The summed E-state index contributed by atoms with van der Waals surface area (Å²) < 4.78 is 32.9. The molecule has 1 fully saturated rings. The summed E-state index contributed by atoms with van der Waals surface area (Å²) in [4.78, 5) is 21.8. The van der Waals surface area contributed by atoms with Gasteiger partial charge in [0.1, 0.15) is 17.5 Å². The van der Waals surface area contributed by atoms with Crippen LogP contribution in [0.4, 0.5) is 4.79 Å². The topological polar surface area (TPSA) is 112 Å². The molecule has 1 aliphatic rings. The highest BCUT2D eigenvalue weighted by Gasteiger charge is 2.52. The van der Waals surface area contributed by atoms with Crippen molar-refractivity contribution in [2.45, 2.75) is 51.1 Å². The highest BCUT2D eigenvalue weighted by molar-refractivity contribution is 7.55. The molecule has 1 aromatic carbocycles. The molecule has 9 nitrogen and oxygen atoms in total. The minimum atomic E-state index is -3.49. The quantitative estimate of drug-likeness (QED) is 0.486. The van der Waals surface area contributed by atoms with Gasteiger partial charge in [-0.15, -0.1) is 0 Å². The summed E-state index contributed by atoms with van der Waals surface area (Å²) >= 11 is 0. The third kappa shape index (κ3) is 8.07. The van der Waals surface area contributed by atoms with Crippen LogP contribution in [-0.2, 0) is 34.5 Å². The van der Waals surface area contributed by atoms with E-state index in [9.17, 15) is 14.2 Å². The minimum absolute atomic E-state index is 0.144. The Labute approximate surface area is 178 Å². The molecule has 1 saturated heterocycles. The zero-order valence-corrected chi connectivity index (χ0v) is 19.2. The first-order valence-corrected chi connectivity index (χ1v) is 11.2. The monoisotopic (exact) mass is 444 g/mol. The van der Waals surface area contributed by atoms with Crippen molar-refractivity contribution < 1.29 is 32.7 Å². The number of carbonyl (C=O) groups is 2. The van der Waals surface area contributed by atoms with Gasteiger partial charge in [-0.1, -0.05) is 30.3 Å². The average Bonchev–Trinajstić information content (AvgIpc) is 2.72. The van der Waals surface area contributed by atoms with Gasteiger partial charge in [-0.05, 0) is 52.3 Å². The fourth-order valence-corrected chi connectivity index (χ4v) is 4.67. The molecular weight excluding hydrogens is 411 g/mol. The van der Waals surface area contributed by atoms with Crippen molar-refractivity contribution >= 4 is 20.2 Å². The lowest BCUT2D eigenvalue weighted by Crippen LogP contribution is -2.54. The number of piperidine rings is 1.